The third-order valence-electron chi connectivity index (χ3n) is 2.91. The fourth-order valence-corrected chi connectivity index (χ4v) is 1.85. The number of carboxylic acids is 1. The van der Waals surface area contributed by atoms with E-state index in [0.717, 1.165) is 13.0 Å². The van der Waals surface area contributed by atoms with Crippen LogP contribution in [0.1, 0.15) is 43.1 Å². The topological polar surface area (TPSA) is 40.5 Å². The number of hydrogen-bond acceptors (Lipinski definition) is 2. The van der Waals surface area contributed by atoms with Crippen molar-refractivity contribution in [2.24, 2.45) is 0 Å². The molecule has 0 heterocycles. The molecule has 0 spiro atoms. The minimum atomic E-state index is -1.03. The molecule has 0 radical (unpaired) electrons. The first-order valence-electron chi connectivity index (χ1n) is 6.21. The van der Waals surface area contributed by atoms with Gasteiger partial charge in [0.25, 0.3) is 0 Å². The smallest absolute Gasteiger partial charge is 0.335 e. The van der Waals surface area contributed by atoms with Crippen molar-refractivity contribution in [3.63, 3.8) is 0 Å². The lowest BCUT2D eigenvalue weighted by Crippen LogP contribution is -2.31. The van der Waals surface area contributed by atoms with Crippen molar-refractivity contribution >= 4 is 5.97 Å². The number of carbonyl (C=O) groups is 1. The first kappa shape index (κ1) is 14.6. The molecule has 18 heavy (non-hydrogen) atoms. The number of hydrogen-bond donors (Lipinski definition) is 1. The average Bonchev–Trinajstić information content (AvgIpc) is 2.30. The molecule has 0 aliphatic carbocycles. The molecule has 0 fully saturated rings. The predicted molar refractivity (Wildman–Crippen MR) is 69.2 cm³/mol. The highest BCUT2D eigenvalue weighted by atomic mass is 19.1. The Balaban J connectivity index is 2.93. The summed E-state index contributed by atoms with van der Waals surface area (Å²) in [7, 11) is 0. The highest BCUT2D eigenvalue weighted by Gasteiger charge is 2.14. The van der Waals surface area contributed by atoms with Crippen LogP contribution < -0.4 is 0 Å². The van der Waals surface area contributed by atoms with Crippen LogP contribution in [-0.2, 0) is 6.54 Å². The van der Waals surface area contributed by atoms with Crippen molar-refractivity contribution < 1.29 is 14.3 Å². The summed E-state index contributed by atoms with van der Waals surface area (Å²) < 4.78 is 13.7. The second kappa shape index (κ2) is 6.50. The van der Waals surface area contributed by atoms with E-state index in [1.165, 1.54) is 18.2 Å². The SMILES string of the molecule is CCCN(Cc1cc(C(=O)O)ccc1F)C(C)C. The summed E-state index contributed by atoms with van der Waals surface area (Å²) >= 11 is 0. The molecular formula is C14H20FNO2. The molecule has 0 aliphatic heterocycles. The molecule has 0 amide bonds. The van der Waals surface area contributed by atoms with Crippen LogP contribution in [0.3, 0.4) is 0 Å². The summed E-state index contributed by atoms with van der Waals surface area (Å²) in [6.45, 7) is 7.48. The van der Waals surface area contributed by atoms with Crippen LogP contribution in [0.4, 0.5) is 4.39 Å². The zero-order valence-corrected chi connectivity index (χ0v) is 11.1. The summed E-state index contributed by atoms with van der Waals surface area (Å²) in [6.07, 6.45) is 0.985. The van der Waals surface area contributed by atoms with Gasteiger partial charge in [-0.15, -0.1) is 0 Å². The van der Waals surface area contributed by atoms with E-state index in [0.29, 0.717) is 18.2 Å². The van der Waals surface area contributed by atoms with E-state index in [1.54, 1.807) is 0 Å². The van der Waals surface area contributed by atoms with Gasteiger partial charge in [-0.1, -0.05) is 6.92 Å². The number of carboxylic acid groups (broad SMARTS) is 1. The second-order valence-corrected chi connectivity index (χ2v) is 4.68. The van der Waals surface area contributed by atoms with Gasteiger partial charge in [-0.3, -0.25) is 4.90 Å². The fourth-order valence-electron chi connectivity index (χ4n) is 1.85. The first-order valence-corrected chi connectivity index (χ1v) is 6.21. The van der Waals surface area contributed by atoms with E-state index in [4.69, 9.17) is 5.11 Å². The van der Waals surface area contributed by atoms with E-state index >= 15 is 0 Å². The number of benzene rings is 1. The molecule has 100 valence electrons. The van der Waals surface area contributed by atoms with Crippen LogP contribution in [0, 0.1) is 5.82 Å². The van der Waals surface area contributed by atoms with Gasteiger partial charge in [-0.05, 0) is 45.0 Å². The molecule has 1 N–H and O–H groups in total. The fraction of sp³-hybridized carbons (Fsp3) is 0.500. The third kappa shape index (κ3) is 3.81. The van der Waals surface area contributed by atoms with Crippen molar-refractivity contribution in [1.29, 1.82) is 0 Å². The molecular weight excluding hydrogens is 233 g/mol. The third-order valence-corrected chi connectivity index (χ3v) is 2.91. The molecule has 0 bridgehead atoms. The molecule has 3 nitrogen and oxygen atoms in total. The van der Waals surface area contributed by atoms with Gasteiger partial charge in [0.2, 0.25) is 0 Å². The maximum atomic E-state index is 13.7. The molecule has 0 saturated carbocycles. The lowest BCUT2D eigenvalue weighted by atomic mass is 10.1. The van der Waals surface area contributed by atoms with E-state index in [1.807, 2.05) is 0 Å². The zero-order chi connectivity index (χ0) is 13.7. The van der Waals surface area contributed by atoms with Crippen molar-refractivity contribution in [2.45, 2.75) is 39.8 Å². The van der Waals surface area contributed by atoms with Gasteiger partial charge in [0.15, 0.2) is 0 Å². The van der Waals surface area contributed by atoms with Crippen molar-refractivity contribution in [1.82, 2.24) is 4.90 Å². The molecule has 0 aromatic heterocycles. The highest BCUT2D eigenvalue weighted by molar-refractivity contribution is 5.87. The number of nitrogens with zero attached hydrogens (tertiary/aromatic N) is 1. The summed E-state index contributed by atoms with van der Waals surface area (Å²) in [5.41, 5.74) is 0.573. The van der Waals surface area contributed by atoms with E-state index in [2.05, 4.69) is 25.7 Å². The van der Waals surface area contributed by atoms with Crippen molar-refractivity contribution in [2.75, 3.05) is 6.54 Å². The predicted octanol–water partition coefficient (Wildman–Crippen LogP) is 3.14. The van der Waals surface area contributed by atoms with E-state index in [-0.39, 0.29) is 11.4 Å². The van der Waals surface area contributed by atoms with Gasteiger partial charge in [-0.25, -0.2) is 9.18 Å². The molecule has 1 aromatic carbocycles. The maximum absolute atomic E-state index is 13.7. The van der Waals surface area contributed by atoms with Gasteiger partial charge in [-0.2, -0.15) is 0 Å². The Morgan fingerprint density at radius 2 is 2.11 bits per heavy atom. The van der Waals surface area contributed by atoms with Crippen molar-refractivity contribution in [3.8, 4) is 0 Å². The normalized spacial score (nSPS) is 11.2. The van der Waals surface area contributed by atoms with Crippen LogP contribution in [0.5, 0.6) is 0 Å². The van der Waals surface area contributed by atoms with E-state index in [9.17, 15) is 9.18 Å². The Morgan fingerprint density at radius 1 is 1.44 bits per heavy atom. The van der Waals surface area contributed by atoms with Gasteiger partial charge in [0.05, 0.1) is 5.56 Å². The van der Waals surface area contributed by atoms with Crippen LogP contribution in [-0.4, -0.2) is 28.6 Å². The Kier molecular flexibility index (Phi) is 5.28. The van der Waals surface area contributed by atoms with Gasteiger partial charge in [0.1, 0.15) is 5.82 Å². The molecule has 1 aromatic rings. The maximum Gasteiger partial charge on any atom is 0.335 e. The minimum Gasteiger partial charge on any atom is -0.478 e. The monoisotopic (exact) mass is 253 g/mol. The molecule has 0 aliphatic rings. The van der Waals surface area contributed by atoms with Gasteiger partial charge in [0, 0.05) is 18.2 Å². The van der Waals surface area contributed by atoms with Gasteiger partial charge < -0.3 is 5.11 Å². The van der Waals surface area contributed by atoms with Crippen LogP contribution in [0.15, 0.2) is 18.2 Å². The van der Waals surface area contributed by atoms with E-state index < -0.39 is 5.97 Å². The van der Waals surface area contributed by atoms with Crippen LogP contribution >= 0.6 is 0 Å². The van der Waals surface area contributed by atoms with Crippen molar-refractivity contribution in [3.05, 3.63) is 35.1 Å². The lowest BCUT2D eigenvalue weighted by Gasteiger charge is -2.26. The molecule has 0 saturated heterocycles. The number of halogens is 1. The van der Waals surface area contributed by atoms with Crippen LogP contribution in [0.2, 0.25) is 0 Å². The first-order chi connectivity index (χ1) is 8.45. The Labute approximate surface area is 107 Å². The highest BCUT2D eigenvalue weighted by Crippen LogP contribution is 2.15. The summed E-state index contributed by atoms with van der Waals surface area (Å²) in [5, 5.41) is 8.91. The number of aromatic carboxylic acids is 1. The molecule has 1 rings (SSSR count). The standard InChI is InChI=1S/C14H20FNO2/c1-4-7-16(10(2)3)9-12-8-11(14(17)18)5-6-13(12)15/h5-6,8,10H,4,7,9H2,1-3H3,(H,17,18). The quantitative estimate of drug-likeness (QED) is 0.846. The molecule has 0 unspecified atom stereocenters. The molecule has 0 atom stereocenters. The summed E-state index contributed by atoms with van der Waals surface area (Å²) in [6, 6.07) is 4.24. The second-order valence-electron chi connectivity index (χ2n) is 4.68. The average molecular weight is 253 g/mol. The summed E-state index contributed by atoms with van der Waals surface area (Å²) in [5.74, 6) is -1.37. The minimum absolute atomic E-state index is 0.131. The Morgan fingerprint density at radius 3 is 2.61 bits per heavy atom. The van der Waals surface area contributed by atoms with Crippen LogP contribution in [0.25, 0.3) is 0 Å². The summed E-state index contributed by atoms with van der Waals surface area (Å²) in [4.78, 5) is 13.0. The van der Waals surface area contributed by atoms with Gasteiger partial charge >= 0.3 is 5.97 Å². The Hall–Kier alpha value is -1.42. The number of rotatable bonds is 6. The molecule has 4 heteroatoms. The zero-order valence-electron chi connectivity index (χ0n) is 11.1. The Bertz CT molecular complexity index is 418. The lowest BCUT2D eigenvalue weighted by molar-refractivity contribution is 0.0696. The largest absolute Gasteiger partial charge is 0.478 e.